The van der Waals surface area contributed by atoms with E-state index in [-0.39, 0.29) is 5.91 Å². The molecule has 19 heavy (non-hydrogen) atoms. The third kappa shape index (κ3) is 3.33. The fourth-order valence-electron chi connectivity index (χ4n) is 1.64. The van der Waals surface area contributed by atoms with Gasteiger partial charge in [0.25, 0.3) is 5.91 Å². The van der Waals surface area contributed by atoms with Crippen molar-refractivity contribution in [2.45, 2.75) is 13.8 Å². The summed E-state index contributed by atoms with van der Waals surface area (Å²) in [5.74, 6) is 0.305. The molecule has 0 aliphatic heterocycles. The smallest absolute Gasteiger partial charge is 0.257 e. The van der Waals surface area contributed by atoms with Crippen LogP contribution in [0, 0.1) is 13.8 Å². The number of amides is 1. The summed E-state index contributed by atoms with van der Waals surface area (Å²) < 4.78 is 0.907. The first-order valence-corrected chi connectivity index (χ1v) is 6.85. The van der Waals surface area contributed by atoms with Gasteiger partial charge in [-0.15, -0.1) is 0 Å². The highest BCUT2D eigenvalue weighted by Gasteiger charge is 2.11. The maximum Gasteiger partial charge on any atom is 0.257 e. The summed E-state index contributed by atoms with van der Waals surface area (Å²) in [4.78, 5) is 16.4. The average molecular weight is 340 g/mol. The summed E-state index contributed by atoms with van der Waals surface area (Å²) >= 11 is 9.28. The molecule has 0 saturated heterocycles. The van der Waals surface area contributed by atoms with Crippen LogP contribution in [0.4, 0.5) is 5.82 Å². The minimum atomic E-state index is -0.214. The lowest BCUT2D eigenvalue weighted by Gasteiger charge is -2.08. The Kier molecular flexibility index (Phi) is 4.22. The van der Waals surface area contributed by atoms with Gasteiger partial charge in [-0.2, -0.15) is 0 Å². The normalized spacial score (nSPS) is 10.3. The number of rotatable bonds is 2. The molecule has 5 heteroatoms. The number of aromatic nitrogens is 1. The van der Waals surface area contributed by atoms with E-state index >= 15 is 0 Å². The second kappa shape index (κ2) is 5.72. The van der Waals surface area contributed by atoms with Crippen LogP contribution in [0.2, 0.25) is 5.02 Å². The van der Waals surface area contributed by atoms with Crippen LogP contribution in [-0.4, -0.2) is 10.9 Å². The lowest BCUT2D eigenvalue weighted by atomic mass is 10.1. The summed E-state index contributed by atoms with van der Waals surface area (Å²) in [7, 11) is 0. The van der Waals surface area contributed by atoms with Crippen LogP contribution in [0.5, 0.6) is 0 Å². The number of aryl methyl sites for hydroxylation is 2. The molecule has 0 bridgehead atoms. The van der Waals surface area contributed by atoms with Gasteiger partial charge < -0.3 is 5.32 Å². The zero-order valence-electron chi connectivity index (χ0n) is 10.5. The summed E-state index contributed by atoms with van der Waals surface area (Å²) in [6, 6.07) is 8.82. The number of nitrogens with one attached hydrogen (secondary N) is 1. The number of carbonyl (C=O) groups excluding carboxylic acids is 1. The van der Waals surface area contributed by atoms with Crippen molar-refractivity contribution in [1.82, 2.24) is 4.98 Å². The van der Waals surface area contributed by atoms with Gasteiger partial charge in [-0.3, -0.25) is 4.79 Å². The molecule has 0 radical (unpaired) electrons. The predicted molar refractivity (Wildman–Crippen MR) is 80.8 cm³/mol. The highest BCUT2D eigenvalue weighted by molar-refractivity contribution is 9.10. The van der Waals surface area contributed by atoms with Crippen LogP contribution in [0.1, 0.15) is 21.6 Å². The first-order chi connectivity index (χ1) is 8.97. The van der Waals surface area contributed by atoms with Crippen LogP contribution in [0.25, 0.3) is 0 Å². The number of halogens is 2. The summed E-state index contributed by atoms with van der Waals surface area (Å²) in [6.45, 7) is 3.73. The molecular weight excluding hydrogens is 328 g/mol. The van der Waals surface area contributed by atoms with Gasteiger partial charge in [0.2, 0.25) is 0 Å². The zero-order valence-corrected chi connectivity index (χ0v) is 12.8. The molecule has 1 heterocycles. The van der Waals surface area contributed by atoms with E-state index < -0.39 is 0 Å². The second-order valence-electron chi connectivity index (χ2n) is 4.18. The first-order valence-electron chi connectivity index (χ1n) is 5.68. The van der Waals surface area contributed by atoms with E-state index in [1.54, 1.807) is 18.2 Å². The average Bonchev–Trinajstić information content (AvgIpc) is 2.36. The first kappa shape index (κ1) is 14.0. The lowest BCUT2D eigenvalue weighted by molar-refractivity contribution is 0.102. The van der Waals surface area contributed by atoms with E-state index in [1.165, 1.54) is 0 Å². The zero-order chi connectivity index (χ0) is 14.0. The molecule has 1 aromatic heterocycles. The maximum atomic E-state index is 12.2. The van der Waals surface area contributed by atoms with Gasteiger partial charge in [-0.25, -0.2) is 4.98 Å². The molecule has 3 nitrogen and oxygen atoms in total. The van der Waals surface area contributed by atoms with Crippen molar-refractivity contribution in [3.8, 4) is 0 Å². The molecule has 1 N–H and O–H groups in total. The Labute approximate surface area is 125 Å². The molecule has 0 fully saturated rings. The Hall–Kier alpha value is -1.39. The SMILES string of the molecule is Cc1ccc(Cl)cc1C(=O)Nc1ccc(Br)c(C)n1. The Balaban J connectivity index is 2.25. The van der Waals surface area contributed by atoms with Gasteiger partial charge in [0.05, 0.1) is 5.69 Å². The minimum Gasteiger partial charge on any atom is -0.307 e. The second-order valence-corrected chi connectivity index (χ2v) is 5.47. The van der Waals surface area contributed by atoms with Crippen molar-refractivity contribution in [2.75, 3.05) is 5.32 Å². The van der Waals surface area contributed by atoms with Gasteiger partial charge >= 0.3 is 0 Å². The number of hydrogen-bond donors (Lipinski definition) is 1. The van der Waals surface area contributed by atoms with Gasteiger partial charge in [0, 0.05) is 15.1 Å². The van der Waals surface area contributed by atoms with Gasteiger partial charge in [-0.1, -0.05) is 17.7 Å². The molecule has 1 amide bonds. The summed E-state index contributed by atoms with van der Waals surface area (Å²) in [5, 5.41) is 3.30. The molecule has 0 spiro atoms. The number of pyridine rings is 1. The van der Waals surface area contributed by atoms with E-state index in [2.05, 4.69) is 26.2 Å². The fourth-order valence-corrected chi connectivity index (χ4v) is 2.03. The van der Waals surface area contributed by atoms with Gasteiger partial charge in [0.15, 0.2) is 0 Å². The molecule has 0 saturated carbocycles. The van der Waals surface area contributed by atoms with Crippen LogP contribution >= 0.6 is 27.5 Å². The standard InChI is InChI=1S/C14H12BrClN2O/c1-8-3-4-10(16)7-11(8)14(19)18-13-6-5-12(15)9(2)17-13/h3-7H,1-2H3,(H,17,18,19). The Bertz CT molecular complexity index is 643. The Morgan fingerprint density at radius 3 is 2.68 bits per heavy atom. The van der Waals surface area contributed by atoms with E-state index in [1.807, 2.05) is 26.0 Å². The predicted octanol–water partition coefficient (Wildman–Crippen LogP) is 4.37. The number of carbonyl (C=O) groups is 1. The lowest BCUT2D eigenvalue weighted by Crippen LogP contribution is -2.14. The molecule has 98 valence electrons. The van der Waals surface area contributed by atoms with Crippen molar-refractivity contribution >= 4 is 39.3 Å². The largest absolute Gasteiger partial charge is 0.307 e. The van der Waals surface area contributed by atoms with Crippen molar-refractivity contribution in [2.24, 2.45) is 0 Å². The third-order valence-corrected chi connectivity index (χ3v) is 3.78. The molecule has 1 aromatic carbocycles. The molecule has 0 aliphatic carbocycles. The van der Waals surface area contributed by atoms with Gasteiger partial charge in [0.1, 0.15) is 5.82 Å². The maximum absolute atomic E-state index is 12.2. The van der Waals surface area contributed by atoms with Crippen molar-refractivity contribution in [3.05, 3.63) is 56.6 Å². The minimum absolute atomic E-state index is 0.214. The number of hydrogen-bond acceptors (Lipinski definition) is 2. The van der Waals surface area contributed by atoms with E-state index in [4.69, 9.17) is 11.6 Å². The number of benzene rings is 1. The fraction of sp³-hybridized carbons (Fsp3) is 0.143. The van der Waals surface area contributed by atoms with Crippen LogP contribution < -0.4 is 5.32 Å². The highest BCUT2D eigenvalue weighted by Crippen LogP contribution is 2.19. The molecule has 2 rings (SSSR count). The van der Waals surface area contributed by atoms with Crippen molar-refractivity contribution < 1.29 is 4.79 Å². The quantitative estimate of drug-likeness (QED) is 0.883. The van der Waals surface area contributed by atoms with E-state index in [0.29, 0.717) is 16.4 Å². The topological polar surface area (TPSA) is 42.0 Å². The van der Waals surface area contributed by atoms with Crippen LogP contribution in [0.3, 0.4) is 0 Å². The van der Waals surface area contributed by atoms with Crippen molar-refractivity contribution in [1.29, 1.82) is 0 Å². The van der Waals surface area contributed by atoms with E-state index in [9.17, 15) is 4.79 Å². The Morgan fingerprint density at radius 2 is 2.00 bits per heavy atom. The molecule has 2 aromatic rings. The van der Waals surface area contributed by atoms with Crippen molar-refractivity contribution in [3.63, 3.8) is 0 Å². The number of anilines is 1. The third-order valence-electron chi connectivity index (χ3n) is 2.71. The Morgan fingerprint density at radius 1 is 1.26 bits per heavy atom. The molecule has 0 atom stereocenters. The molecule has 0 aliphatic rings. The summed E-state index contributed by atoms with van der Waals surface area (Å²) in [6.07, 6.45) is 0. The number of nitrogens with zero attached hydrogens (tertiary/aromatic N) is 1. The van der Waals surface area contributed by atoms with Crippen LogP contribution in [-0.2, 0) is 0 Å². The van der Waals surface area contributed by atoms with Crippen LogP contribution in [0.15, 0.2) is 34.8 Å². The monoisotopic (exact) mass is 338 g/mol. The molecular formula is C14H12BrClN2O. The molecule has 0 unspecified atom stereocenters. The van der Waals surface area contributed by atoms with Gasteiger partial charge in [-0.05, 0) is 59.6 Å². The summed E-state index contributed by atoms with van der Waals surface area (Å²) in [5.41, 5.74) is 2.24. The highest BCUT2D eigenvalue weighted by atomic mass is 79.9. The van der Waals surface area contributed by atoms with E-state index in [0.717, 1.165) is 15.7 Å².